The van der Waals surface area contributed by atoms with Crippen LogP contribution in [0.3, 0.4) is 0 Å². The van der Waals surface area contributed by atoms with Crippen LogP contribution in [0.5, 0.6) is 0 Å². The van der Waals surface area contributed by atoms with Crippen molar-refractivity contribution in [2.45, 2.75) is 0 Å². The summed E-state index contributed by atoms with van der Waals surface area (Å²) in [5, 5.41) is 20.7. The molecule has 0 radical (unpaired) electrons. The van der Waals surface area contributed by atoms with Crippen LogP contribution in [-0.4, -0.2) is 0 Å². The molecule has 13 rings (SSSR count). The highest BCUT2D eigenvalue weighted by Gasteiger charge is 2.21. The summed E-state index contributed by atoms with van der Waals surface area (Å²) in [6.45, 7) is 0. The second-order valence-electron chi connectivity index (χ2n) is 15.9. The Bertz CT molecular complexity index is 3480. The van der Waals surface area contributed by atoms with E-state index in [9.17, 15) is 0 Å². The molecule has 13 aromatic carbocycles. The third-order valence-electron chi connectivity index (χ3n) is 12.9. The standard InChI is InChI=1S/C58H34/c1-3-9-35(10-4-1)55-49-31-25-44(46-28-22-42-20-18-38-14-8-16-40-24-30-48(46)58(42)54(38)40)34-52(49)56(36-11-5-2-6-12-36)50-32-26-43(33-51(50)55)45-27-21-41-19-17-37-13-7-15-39-23-29-47(45)57(41)53(37)39/h1-34H. The lowest BCUT2D eigenvalue weighted by molar-refractivity contribution is 1.64. The molecule has 58 heavy (non-hydrogen) atoms. The van der Waals surface area contributed by atoms with Crippen LogP contribution in [-0.2, 0) is 0 Å². The van der Waals surface area contributed by atoms with Gasteiger partial charge in [0, 0.05) is 0 Å². The van der Waals surface area contributed by atoms with Crippen LogP contribution in [0, 0.1) is 0 Å². The molecule has 0 saturated heterocycles. The molecule has 0 saturated carbocycles. The Balaban J connectivity index is 1.12. The molecule has 0 spiro atoms. The van der Waals surface area contributed by atoms with Gasteiger partial charge in [0.2, 0.25) is 0 Å². The van der Waals surface area contributed by atoms with E-state index in [0.717, 1.165) is 0 Å². The van der Waals surface area contributed by atoms with Crippen LogP contribution in [0.15, 0.2) is 206 Å². The lowest BCUT2D eigenvalue weighted by Crippen LogP contribution is -1.93. The molecule has 0 fully saturated rings. The molecule has 0 aromatic heterocycles. The molecule has 0 aliphatic rings. The minimum atomic E-state index is 1.22. The second kappa shape index (κ2) is 12.0. The minimum Gasteiger partial charge on any atom is -0.0622 e. The zero-order valence-corrected chi connectivity index (χ0v) is 31.6. The monoisotopic (exact) mass is 730 g/mol. The fourth-order valence-electron chi connectivity index (χ4n) is 10.4. The normalized spacial score (nSPS) is 12.1. The van der Waals surface area contributed by atoms with E-state index in [0.29, 0.717) is 0 Å². The summed E-state index contributed by atoms with van der Waals surface area (Å²) in [6, 6.07) is 77.3. The Morgan fingerprint density at radius 1 is 0.190 bits per heavy atom. The van der Waals surface area contributed by atoms with Crippen LogP contribution < -0.4 is 0 Å². The Labute approximate surface area is 335 Å². The van der Waals surface area contributed by atoms with Crippen molar-refractivity contribution in [1.29, 1.82) is 0 Å². The summed E-state index contributed by atoms with van der Waals surface area (Å²) in [5.41, 5.74) is 9.96. The molecule has 0 unspecified atom stereocenters. The van der Waals surface area contributed by atoms with Crippen LogP contribution in [0.1, 0.15) is 0 Å². The lowest BCUT2D eigenvalue weighted by atomic mass is 9.83. The maximum Gasteiger partial charge on any atom is -0.00206 e. The molecule has 0 aliphatic carbocycles. The van der Waals surface area contributed by atoms with E-state index in [1.807, 2.05) is 0 Å². The van der Waals surface area contributed by atoms with Crippen molar-refractivity contribution in [3.8, 4) is 44.5 Å². The minimum absolute atomic E-state index is 1.22. The maximum atomic E-state index is 2.46. The van der Waals surface area contributed by atoms with E-state index >= 15 is 0 Å². The van der Waals surface area contributed by atoms with Gasteiger partial charge in [0.25, 0.3) is 0 Å². The van der Waals surface area contributed by atoms with Crippen molar-refractivity contribution in [1.82, 2.24) is 0 Å². The second-order valence-corrected chi connectivity index (χ2v) is 15.9. The summed E-state index contributed by atoms with van der Waals surface area (Å²) in [7, 11) is 0. The summed E-state index contributed by atoms with van der Waals surface area (Å²) in [6.07, 6.45) is 0. The van der Waals surface area contributed by atoms with Gasteiger partial charge in [-0.05, 0) is 143 Å². The molecule has 0 amide bonds. The van der Waals surface area contributed by atoms with Crippen molar-refractivity contribution in [3.63, 3.8) is 0 Å². The molecule has 0 aliphatic heterocycles. The van der Waals surface area contributed by atoms with Gasteiger partial charge < -0.3 is 0 Å². The topological polar surface area (TPSA) is 0 Å². The first kappa shape index (κ1) is 31.6. The SMILES string of the molecule is c1ccc(-c2c3ccc(-c4ccc5ccc6cccc7ccc4c5c67)cc3c(-c3ccccc3)c3ccc(-c4ccc5ccc6cccc7ccc4c5c67)cc23)cc1. The third kappa shape index (κ3) is 4.46. The first-order valence-electron chi connectivity index (χ1n) is 20.2. The molecule has 0 nitrogen and oxygen atoms in total. The highest BCUT2D eigenvalue weighted by molar-refractivity contribution is 6.28. The van der Waals surface area contributed by atoms with E-state index < -0.39 is 0 Å². The predicted octanol–water partition coefficient (Wildman–Crippen LogP) is 16.5. The molecule has 0 heterocycles. The quantitative estimate of drug-likeness (QED) is 0.125. The predicted molar refractivity (Wildman–Crippen MR) is 251 cm³/mol. The van der Waals surface area contributed by atoms with E-state index in [4.69, 9.17) is 0 Å². The summed E-state index contributed by atoms with van der Waals surface area (Å²) in [5.74, 6) is 0. The van der Waals surface area contributed by atoms with Crippen molar-refractivity contribution in [2.24, 2.45) is 0 Å². The third-order valence-corrected chi connectivity index (χ3v) is 12.9. The number of benzene rings is 13. The summed E-state index contributed by atoms with van der Waals surface area (Å²) >= 11 is 0. The average molecular weight is 731 g/mol. The van der Waals surface area contributed by atoms with E-state index in [1.54, 1.807) is 0 Å². The van der Waals surface area contributed by atoms with Gasteiger partial charge in [-0.1, -0.05) is 194 Å². The van der Waals surface area contributed by atoms with Crippen molar-refractivity contribution < 1.29 is 0 Å². The van der Waals surface area contributed by atoms with Crippen molar-refractivity contribution in [2.75, 3.05) is 0 Å². The molecular formula is C58H34. The Kier molecular flexibility index (Phi) is 6.54. The first-order chi connectivity index (χ1) is 28.8. The Morgan fingerprint density at radius 3 is 0.948 bits per heavy atom. The molecule has 0 heteroatoms. The van der Waals surface area contributed by atoms with Crippen LogP contribution >= 0.6 is 0 Å². The maximum absolute atomic E-state index is 2.46. The highest BCUT2D eigenvalue weighted by Crippen LogP contribution is 2.48. The molecule has 0 atom stereocenters. The van der Waals surface area contributed by atoms with Crippen molar-refractivity contribution in [3.05, 3.63) is 206 Å². The van der Waals surface area contributed by atoms with Gasteiger partial charge in [-0.15, -0.1) is 0 Å². The van der Waals surface area contributed by atoms with Gasteiger partial charge in [0.1, 0.15) is 0 Å². The molecular weight excluding hydrogens is 697 g/mol. The number of rotatable bonds is 4. The number of hydrogen-bond donors (Lipinski definition) is 0. The molecule has 13 aromatic rings. The van der Waals surface area contributed by atoms with Crippen LogP contribution in [0.2, 0.25) is 0 Å². The van der Waals surface area contributed by atoms with E-state index in [1.165, 1.54) is 131 Å². The van der Waals surface area contributed by atoms with Crippen molar-refractivity contribution >= 4 is 86.2 Å². The van der Waals surface area contributed by atoms with E-state index in [-0.39, 0.29) is 0 Å². The Hall–Kier alpha value is -7.54. The smallest absolute Gasteiger partial charge is 0.00206 e. The van der Waals surface area contributed by atoms with Gasteiger partial charge in [0.05, 0.1) is 0 Å². The molecule has 0 N–H and O–H groups in total. The Morgan fingerprint density at radius 2 is 0.534 bits per heavy atom. The lowest BCUT2D eigenvalue weighted by Gasteiger charge is -2.20. The summed E-state index contributed by atoms with van der Waals surface area (Å²) < 4.78 is 0. The van der Waals surface area contributed by atoms with Gasteiger partial charge in [-0.3, -0.25) is 0 Å². The highest BCUT2D eigenvalue weighted by atomic mass is 14.2. The fourth-order valence-corrected chi connectivity index (χ4v) is 10.4. The van der Waals surface area contributed by atoms with Gasteiger partial charge >= 0.3 is 0 Å². The summed E-state index contributed by atoms with van der Waals surface area (Å²) in [4.78, 5) is 0. The number of fused-ring (bicyclic) bond motifs is 2. The average Bonchev–Trinajstić information content (AvgIpc) is 3.29. The largest absolute Gasteiger partial charge is 0.0622 e. The van der Waals surface area contributed by atoms with Crippen LogP contribution in [0.4, 0.5) is 0 Å². The number of hydrogen-bond acceptors (Lipinski definition) is 0. The zero-order valence-electron chi connectivity index (χ0n) is 31.6. The molecule has 0 bridgehead atoms. The van der Waals surface area contributed by atoms with Gasteiger partial charge in [-0.25, -0.2) is 0 Å². The molecule has 266 valence electrons. The zero-order chi connectivity index (χ0) is 37.9. The van der Waals surface area contributed by atoms with Gasteiger partial charge in [-0.2, -0.15) is 0 Å². The van der Waals surface area contributed by atoms with Crippen LogP contribution in [0.25, 0.3) is 131 Å². The van der Waals surface area contributed by atoms with E-state index in [2.05, 4.69) is 206 Å². The van der Waals surface area contributed by atoms with Gasteiger partial charge in [0.15, 0.2) is 0 Å². The first-order valence-corrected chi connectivity index (χ1v) is 20.2. The fraction of sp³-hybridized carbons (Fsp3) is 0.